The summed E-state index contributed by atoms with van der Waals surface area (Å²) in [5, 5.41) is 0.934. The van der Waals surface area contributed by atoms with Crippen molar-refractivity contribution in [2.75, 3.05) is 12.8 Å². The van der Waals surface area contributed by atoms with Crippen molar-refractivity contribution < 1.29 is 9.47 Å². The van der Waals surface area contributed by atoms with Gasteiger partial charge in [0.05, 0.1) is 12.1 Å². The molecule has 3 aromatic rings. The van der Waals surface area contributed by atoms with Gasteiger partial charge in [-0.3, -0.25) is 4.98 Å². The number of nitrogens with zero attached hydrogens (tertiary/aromatic N) is 1. The van der Waals surface area contributed by atoms with E-state index in [2.05, 4.69) is 4.98 Å². The number of nitrogen functional groups attached to an aromatic ring is 1. The van der Waals surface area contributed by atoms with Gasteiger partial charge in [-0.05, 0) is 42.0 Å². The summed E-state index contributed by atoms with van der Waals surface area (Å²) >= 11 is 0. The molecule has 21 heavy (non-hydrogen) atoms. The van der Waals surface area contributed by atoms with Gasteiger partial charge >= 0.3 is 0 Å². The molecule has 0 aliphatic rings. The SMILES string of the molecule is COCc1cccc(Oc2ccnc3cc(N)ccc23)c1. The Morgan fingerprint density at radius 3 is 2.86 bits per heavy atom. The molecule has 0 unspecified atom stereocenters. The van der Waals surface area contributed by atoms with E-state index < -0.39 is 0 Å². The van der Waals surface area contributed by atoms with Crippen LogP contribution in [-0.4, -0.2) is 12.1 Å². The molecule has 0 aliphatic carbocycles. The van der Waals surface area contributed by atoms with Gasteiger partial charge in [-0.2, -0.15) is 0 Å². The maximum absolute atomic E-state index is 5.98. The number of nitrogens with two attached hydrogens (primary N) is 1. The van der Waals surface area contributed by atoms with Gasteiger partial charge in [-0.15, -0.1) is 0 Å². The standard InChI is InChI=1S/C17H16N2O2/c1-20-11-12-3-2-4-14(9-12)21-17-7-8-19-16-10-13(18)5-6-15(16)17/h2-10H,11,18H2,1H3. The van der Waals surface area contributed by atoms with E-state index in [1.54, 1.807) is 13.3 Å². The minimum Gasteiger partial charge on any atom is -0.457 e. The molecule has 1 aromatic heterocycles. The molecule has 0 amide bonds. The van der Waals surface area contributed by atoms with Gasteiger partial charge in [-0.25, -0.2) is 0 Å². The summed E-state index contributed by atoms with van der Waals surface area (Å²) in [7, 11) is 1.67. The maximum atomic E-state index is 5.98. The molecule has 106 valence electrons. The highest BCUT2D eigenvalue weighted by atomic mass is 16.5. The second-order valence-corrected chi connectivity index (χ2v) is 4.77. The Morgan fingerprint density at radius 1 is 1.10 bits per heavy atom. The zero-order chi connectivity index (χ0) is 14.7. The molecule has 0 bridgehead atoms. The van der Waals surface area contributed by atoms with Crippen LogP contribution in [0.15, 0.2) is 54.7 Å². The lowest BCUT2D eigenvalue weighted by atomic mass is 10.2. The molecule has 3 rings (SSSR count). The van der Waals surface area contributed by atoms with Gasteiger partial charge in [0.1, 0.15) is 11.5 Å². The number of anilines is 1. The molecule has 4 nitrogen and oxygen atoms in total. The van der Waals surface area contributed by atoms with Crippen LogP contribution in [0.25, 0.3) is 10.9 Å². The van der Waals surface area contributed by atoms with Crippen LogP contribution in [0.5, 0.6) is 11.5 Å². The molecule has 2 N–H and O–H groups in total. The molecule has 0 saturated carbocycles. The molecular weight excluding hydrogens is 264 g/mol. The van der Waals surface area contributed by atoms with E-state index in [-0.39, 0.29) is 0 Å². The lowest BCUT2D eigenvalue weighted by molar-refractivity contribution is 0.184. The van der Waals surface area contributed by atoms with Crippen molar-refractivity contribution in [1.29, 1.82) is 0 Å². The fourth-order valence-electron chi connectivity index (χ4n) is 2.22. The largest absolute Gasteiger partial charge is 0.457 e. The van der Waals surface area contributed by atoms with Crippen molar-refractivity contribution in [3.05, 3.63) is 60.3 Å². The third kappa shape index (κ3) is 2.95. The third-order valence-electron chi connectivity index (χ3n) is 3.16. The van der Waals surface area contributed by atoms with Crippen molar-refractivity contribution >= 4 is 16.6 Å². The highest BCUT2D eigenvalue weighted by Gasteiger charge is 2.05. The van der Waals surface area contributed by atoms with Crippen LogP contribution in [0.4, 0.5) is 5.69 Å². The van der Waals surface area contributed by atoms with Crippen molar-refractivity contribution in [3.8, 4) is 11.5 Å². The van der Waals surface area contributed by atoms with Crippen molar-refractivity contribution in [2.45, 2.75) is 6.61 Å². The number of aromatic nitrogens is 1. The molecular formula is C17H16N2O2. The molecule has 0 spiro atoms. The van der Waals surface area contributed by atoms with E-state index in [0.29, 0.717) is 12.3 Å². The monoisotopic (exact) mass is 280 g/mol. The van der Waals surface area contributed by atoms with Gasteiger partial charge in [0.15, 0.2) is 0 Å². The number of methoxy groups -OCH3 is 1. The summed E-state index contributed by atoms with van der Waals surface area (Å²) in [4.78, 5) is 4.31. The summed E-state index contributed by atoms with van der Waals surface area (Å²) in [5.74, 6) is 1.53. The average molecular weight is 280 g/mol. The maximum Gasteiger partial charge on any atom is 0.138 e. The van der Waals surface area contributed by atoms with Crippen LogP contribution in [0.2, 0.25) is 0 Å². The summed E-state index contributed by atoms with van der Waals surface area (Å²) < 4.78 is 11.1. The number of benzene rings is 2. The molecule has 0 fully saturated rings. The van der Waals surface area contributed by atoms with Crippen molar-refractivity contribution in [3.63, 3.8) is 0 Å². The predicted octanol–water partition coefficient (Wildman–Crippen LogP) is 3.76. The lowest BCUT2D eigenvalue weighted by Crippen LogP contribution is -1.91. The number of pyridine rings is 1. The number of rotatable bonds is 4. The number of hydrogen-bond donors (Lipinski definition) is 1. The van der Waals surface area contributed by atoms with E-state index >= 15 is 0 Å². The Hall–Kier alpha value is -2.59. The fourth-order valence-corrected chi connectivity index (χ4v) is 2.22. The first-order chi connectivity index (χ1) is 10.3. The Morgan fingerprint density at radius 2 is 2.00 bits per heavy atom. The molecule has 2 aromatic carbocycles. The minimum atomic E-state index is 0.560. The van der Waals surface area contributed by atoms with Gasteiger partial charge in [-0.1, -0.05) is 12.1 Å². The van der Waals surface area contributed by atoms with Crippen molar-refractivity contribution in [2.24, 2.45) is 0 Å². The smallest absolute Gasteiger partial charge is 0.138 e. The second kappa shape index (κ2) is 5.81. The van der Waals surface area contributed by atoms with Crippen LogP contribution in [0, 0.1) is 0 Å². The number of ether oxygens (including phenoxy) is 2. The fraction of sp³-hybridized carbons (Fsp3) is 0.118. The molecule has 1 heterocycles. The molecule has 0 atom stereocenters. The van der Waals surface area contributed by atoms with E-state index in [1.807, 2.05) is 48.5 Å². The van der Waals surface area contributed by atoms with Gasteiger partial charge in [0.25, 0.3) is 0 Å². The van der Waals surface area contributed by atoms with Gasteiger partial charge in [0, 0.05) is 24.4 Å². The Labute approximate surface area is 123 Å². The van der Waals surface area contributed by atoms with E-state index in [1.165, 1.54) is 0 Å². The summed E-state index contributed by atoms with van der Waals surface area (Å²) in [6.07, 6.45) is 1.72. The molecule has 0 aliphatic heterocycles. The van der Waals surface area contributed by atoms with Gasteiger partial charge < -0.3 is 15.2 Å². The third-order valence-corrected chi connectivity index (χ3v) is 3.16. The van der Waals surface area contributed by atoms with Crippen LogP contribution < -0.4 is 10.5 Å². The molecule has 0 radical (unpaired) electrons. The Bertz CT molecular complexity index is 772. The quantitative estimate of drug-likeness (QED) is 0.739. The van der Waals surface area contributed by atoms with Crippen LogP contribution in [0.1, 0.15) is 5.56 Å². The second-order valence-electron chi connectivity index (χ2n) is 4.77. The summed E-state index contributed by atoms with van der Waals surface area (Å²) in [6, 6.07) is 15.3. The highest BCUT2D eigenvalue weighted by molar-refractivity contribution is 5.87. The first-order valence-corrected chi connectivity index (χ1v) is 6.66. The normalized spacial score (nSPS) is 10.7. The van der Waals surface area contributed by atoms with E-state index in [9.17, 15) is 0 Å². The number of fused-ring (bicyclic) bond motifs is 1. The lowest BCUT2D eigenvalue weighted by Gasteiger charge is -2.10. The molecule has 0 saturated heterocycles. The predicted molar refractivity (Wildman–Crippen MR) is 83.4 cm³/mol. The molecule has 4 heteroatoms. The van der Waals surface area contributed by atoms with Crippen LogP contribution >= 0.6 is 0 Å². The first kappa shape index (κ1) is 13.4. The topological polar surface area (TPSA) is 57.4 Å². The van der Waals surface area contributed by atoms with Crippen LogP contribution in [0.3, 0.4) is 0 Å². The minimum absolute atomic E-state index is 0.560. The number of hydrogen-bond acceptors (Lipinski definition) is 4. The van der Waals surface area contributed by atoms with Crippen molar-refractivity contribution in [1.82, 2.24) is 4.98 Å². The zero-order valence-electron chi connectivity index (χ0n) is 11.7. The van der Waals surface area contributed by atoms with E-state index in [4.69, 9.17) is 15.2 Å². The summed E-state index contributed by atoms with van der Waals surface area (Å²) in [6.45, 7) is 0.560. The average Bonchev–Trinajstić information content (AvgIpc) is 2.48. The zero-order valence-corrected chi connectivity index (χ0v) is 11.7. The highest BCUT2D eigenvalue weighted by Crippen LogP contribution is 2.30. The van der Waals surface area contributed by atoms with E-state index in [0.717, 1.165) is 28.0 Å². The summed E-state index contributed by atoms with van der Waals surface area (Å²) in [5.41, 5.74) is 8.36. The first-order valence-electron chi connectivity index (χ1n) is 6.66. The Balaban J connectivity index is 1.96. The van der Waals surface area contributed by atoms with Gasteiger partial charge in [0.2, 0.25) is 0 Å². The Kier molecular flexibility index (Phi) is 3.71. The van der Waals surface area contributed by atoms with Crippen LogP contribution in [-0.2, 0) is 11.3 Å².